The Morgan fingerprint density at radius 2 is 2.24 bits per heavy atom. The lowest BCUT2D eigenvalue weighted by Gasteiger charge is -2.04. The van der Waals surface area contributed by atoms with Gasteiger partial charge in [-0.05, 0) is 13.0 Å². The van der Waals surface area contributed by atoms with E-state index in [0.29, 0.717) is 6.42 Å². The molecule has 0 radical (unpaired) electrons. The number of rotatable bonds is 6. The maximum atomic E-state index is 12.1. The van der Waals surface area contributed by atoms with E-state index in [-0.39, 0.29) is 17.2 Å². The van der Waals surface area contributed by atoms with Crippen molar-refractivity contribution in [3.63, 3.8) is 0 Å². The van der Waals surface area contributed by atoms with Gasteiger partial charge in [0.25, 0.3) is 0 Å². The van der Waals surface area contributed by atoms with Crippen LogP contribution in [0.5, 0.6) is 0 Å². The van der Waals surface area contributed by atoms with Gasteiger partial charge in [-0.25, -0.2) is 17.9 Å². The number of carboxylic acid groups (broad SMARTS) is 1. The molecule has 114 valence electrons. The van der Waals surface area contributed by atoms with E-state index >= 15 is 0 Å². The fourth-order valence-corrected chi connectivity index (χ4v) is 3.03. The molecular formula is C12H15N3O5S. The van der Waals surface area contributed by atoms with E-state index in [0.717, 1.165) is 11.8 Å². The van der Waals surface area contributed by atoms with Gasteiger partial charge in [0, 0.05) is 32.3 Å². The van der Waals surface area contributed by atoms with Gasteiger partial charge in [-0.2, -0.15) is 5.10 Å². The Balaban J connectivity index is 2.06. The number of nitrogens with zero attached hydrogens (tertiary/aromatic N) is 2. The number of hydrogen-bond acceptors (Lipinski definition) is 5. The molecule has 2 heterocycles. The van der Waals surface area contributed by atoms with E-state index < -0.39 is 21.8 Å². The summed E-state index contributed by atoms with van der Waals surface area (Å²) in [7, 11) is -2.03. The molecule has 0 saturated carbocycles. The third-order valence-corrected chi connectivity index (χ3v) is 4.38. The van der Waals surface area contributed by atoms with Crippen LogP contribution in [0.2, 0.25) is 0 Å². The van der Waals surface area contributed by atoms with E-state index in [9.17, 15) is 13.2 Å². The molecule has 0 saturated heterocycles. The van der Waals surface area contributed by atoms with Crippen molar-refractivity contribution < 1.29 is 22.7 Å². The Morgan fingerprint density at radius 3 is 2.76 bits per heavy atom. The summed E-state index contributed by atoms with van der Waals surface area (Å²) in [5.41, 5.74) is 0.760. The molecule has 2 N–H and O–H groups in total. The minimum absolute atomic E-state index is 0.0396. The van der Waals surface area contributed by atoms with E-state index in [2.05, 4.69) is 9.82 Å². The first-order valence-corrected chi connectivity index (χ1v) is 7.60. The quantitative estimate of drug-likeness (QED) is 0.804. The molecule has 0 bridgehead atoms. The second-order valence-corrected chi connectivity index (χ2v) is 6.20. The summed E-state index contributed by atoms with van der Waals surface area (Å²) >= 11 is 0. The van der Waals surface area contributed by atoms with Crippen molar-refractivity contribution in [2.24, 2.45) is 7.05 Å². The van der Waals surface area contributed by atoms with E-state index in [1.807, 2.05) is 0 Å². The zero-order chi connectivity index (χ0) is 15.6. The van der Waals surface area contributed by atoms with Gasteiger partial charge in [0.05, 0.1) is 5.69 Å². The maximum Gasteiger partial charge on any atom is 0.371 e. The van der Waals surface area contributed by atoms with Crippen LogP contribution in [0.1, 0.15) is 22.0 Å². The van der Waals surface area contributed by atoms with E-state index in [1.165, 1.54) is 6.92 Å². The lowest BCUT2D eigenvalue weighted by Crippen LogP contribution is -2.26. The fourth-order valence-electron chi connectivity index (χ4n) is 1.83. The number of aryl methyl sites for hydroxylation is 2. The normalized spacial score (nSPS) is 11.7. The van der Waals surface area contributed by atoms with Gasteiger partial charge in [0.2, 0.25) is 15.8 Å². The number of aromatic carboxylic acids is 1. The molecule has 0 amide bonds. The van der Waals surface area contributed by atoms with Gasteiger partial charge in [-0.1, -0.05) is 0 Å². The molecule has 2 aromatic rings. The van der Waals surface area contributed by atoms with E-state index in [1.54, 1.807) is 24.0 Å². The van der Waals surface area contributed by atoms with Crippen LogP contribution >= 0.6 is 0 Å². The predicted octanol–water partition coefficient (Wildman–Crippen LogP) is 0.541. The first-order valence-electron chi connectivity index (χ1n) is 6.11. The summed E-state index contributed by atoms with van der Waals surface area (Å²) < 4.78 is 33.1. The molecule has 0 aromatic carbocycles. The van der Waals surface area contributed by atoms with Gasteiger partial charge in [-0.3, -0.25) is 4.68 Å². The number of hydrogen-bond donors (Lipinski definition) is 2. The van der Waals surface area contributed by atoms with Crippen LogP contribution in [0, 0.1) is 6.92 Å². The van der Waals surface area contributed by atoms with Crippen LogP contribution in [0.3, 0.4) is 0 Å². The van der Waals surface area contributed by atoms with Crippen LogP contribution < -0.4 is 4.72 Å². The Bertz CT molecular complexity index is 760. The monoisotopic (exact) mass is 313 g/mol. The number of sulfonamides is 1. The minimum Gasteiger partial charge on any atom is -0.475 e. The van der Waals surface area contributed by atoms with Crippen molar-refractivity contribution >= 4 is 16.0 Å². The van der Waals surface area contributed by atoms with Gasteiger partial charge in [0.15, 0.2) is 0 Å². The highest BCUT2D eigenvalue weighted by Gasteiger charge is 2.23. The van der Waals surface area contributed by atoms with Crippen molar-refractivity contribution in [1.82, 2.24) is 14.5 Å². The number of nitrogens with one attached hydrogen (secondary N) is 1. The molecule has 0 fully saturated rings. The minimum atomic E-state index is -3.81. The van der Waals surface area contributed by atoms with Gasteiger partial charge in [0.1, 0.15) is 10.7 Å². The number of aromatic nitrogens is 2. The van der Waals surface area contributed by atoms with Gasteiger partial charge >= 0.3 is 5.97 Å². The fraction of sp³-hybridized carbons (Fsp3) is 0.333. The van der Waals surface area contributed by atoms with Crippen molar-refractivity contribution in [2.75, 3.05) is 6.54 Å². The lowest BCUT2D eigenvalue weighted by atomic mass is 10.3. The van der Waals surface area contributed by atoms with Crippen LogP contribution in [-0.4, -0.2) is 35.8 Å². The van der Waals surface area contributed by atoms with Crippen molar-refractivity contribution in [3.8, 4) is 0 Å². The van der Waals surface area contributed by atoms with Crippen LogP contribution in [0.4, 0.5) is 0 Å². The van der Waals surface area contributed by atoms with Crippen molar-refractivity contribution in [1.29, 1.82) is 0 Å². The summed E-state index contributed by atoms with van der Waals surface area (Å²) in [6.45, 7) is 1.56. The summed E-state index contributed by atoms with van der Waals surface area (Å²) in [4.78, 5) is 10.6. The highest BCUT2D eigenvalue weighted by molar-refractivity contribution is 7.89. The molecule has 21 heavy (non-hydrogen) atoms. The molecule has 0 unspecified atom stereocenters. The zero-order valence-electron chi connectivity index (χ0n) is 11.5. The number of carboxylic acids is 1. The number of carbonyl (C=O) groups is 1. The molecule has 8 nitrogen and oxygen atoms in total. The smallest absolute Gasteiger partial charge is 0.371 e. The Morgan fingerprint density at radius 1 is 1.52 bits per heavy atom. The Labute approximate surface area is 121 Å². The van der Waals surface area contributed by atoms with Crippen molar-refractivity contribution in [3.05, 3.63) is 35.5 Å². The summed E-state index contributed by atoms with van der Waals surface area (Å²) in [6.07, 6.45) is 2.20. The standard InChI is InChI=1S/C12H15N3O5S/c1-8-11(7-10(20-8)12(16)17)21(18,19)13-5-3-9-4-6-15(2)14-9/h4,6-7,13H,3,5H2,1-2H3,(H,16,17). The molecule has 0 aliphatic rings. The SMILES string of the molecule is Cc1oc(C(=O)O)cc1S(=O)(=O)NCCc1ccn(C)n1. The molecule has 2 aromatic heterocycles. The van der Waals surface area contributed by atoms with Crippen molar-refractivity contribution in [2.45, 2.75) is 18.2 Å². The second kappa shape index (κ2) is 5.70. The molecule has 2 rings (SSSR count). The predicted molar refractivity (Wildman–Crippen MR) is 72.5 cm³/mol. The van der Waals surface area contributed by atoms with Gasteiger partial charge < -0.3 is 9.52 Å². The topological polar surface area (TPSA) is 114 Å². The Kier molecular flexibility index (Phi) is 4.14. The molecule has 9 heteroatoms. The molecule has 0 atom stereocenters. The summed E-state index contributed by atoms with van der Waals surface area (Å²) in [5, 5.41) is 12.9. The highest BCUT2D eigenvalue weighted by Crippen LogP contribution is 2.19. The second-order valence-electron chi connectivity index (χ2n) is 4.46. The summed E-state index contributed by atoms with van der Waals surface area (Å²) in [5.74, 6) is -1.68. The van der Waals surface area contributed by atoms with E-state index in [4.69, 9.17) is 9.52 Å². The summed E-state index contributed by atoms with van der Waals surface area (Å²) in [6, 6.07) is 2.79. The average Bonchev–Trinajstić information content (AvgIpc) is 2.96. The Hall–Kier alpha value is -2.13. The maximum absolute atomic E-state index is 12.1. The molecular weight excluding hydrogens is 298 g/mol. The molecule has 0 aliphatic carbocycles. The third kappa shape index (κ3) is 3.50. The third-order valence-electron chi connectivity index (χ3n) is 2.81. The molecule has 0 aliphatic heterocycles. The van der Waals surface area contributed by atoms with Crippen LogP contribution in [-0.2, 0) is 23.5 Å². The van der Waals surface area contributed by atoms with Crippen LogP contribution in [0.15, 0.2) is 27.6 Å². The molecule has 0 spiro atoms. The van der Waals surface area contributed by atoms with Crippen LogP contribution in [0.25, 0.3) is 0 Å². The first kappa shape index (κ1) is 15.3. The first-order chi connectivity index (χ1) is 9.79. The number of furan rings is 1. The lowest BCUT2D eigenvalue weighted by molar-refractivity contribution is 0.0661. The average molecular weight is 313 g/mol. The highest BCUT2D eigenvalue weighted by atomic mass is 32.2. The van der Waals surface area contributed by atoms with Gasteiger partial charge in [-0.15, -0.1) is 0 Å². The zero-order valence-corrected chi connectivity index (χ0v) is 12.3. The largest absolute Gasteiger partial charge is 0.475 e.